The second-order valence-corrected chi connectivity index (χ2v) is 5.84. The summed E-state index contributed by atoms with van der Waals surface area (Å²) in [5, 5.41) is 22.9. The number of benzene rings is 1. The van der Waals surface area contributed by atoms with Gasteiger partial charge in [0, 0.05) is 23.9 Å². The molecule has 20 heavy (non-hydrogen) atoms. The van der Waals surface area contributed by atoms with Gasteiger partial charge in [-0.1, -0.05) is 18.5 Å². The lowest BCUT2D eigenvalue weighted by molar-refractivity contribution is -0.384. The first-order valence-corrected chi connectivity index (χ1v) is 7.45. The lowest BCUT2D eigenvalue weighted by atomic mass is 10.1. The molecule has 6 nitrogen and oxygen atoms in total. The second kappa shape index (κ2) is 7.35. The molecular formula is C12H15ClN2O4S. The Bertz CT molecular complexity index is 524. The quantitative estimate of drug-likeness (QED) is 0.590. The van der Waals surface area contributed by atoms with Gasteiger partial charge in [0.25, 0.3) is 5.69 Å². The van der Waals surface area contributed by atoms with Crippen LogP contribution >= 0.6 is 23.4 Å². The molecule has 1 aromatic carbocycles. The maximum atomic E-state index is 11.2. The number of non-ortho nitro benzene ring substituents is 1. The number of rotatable bonds is 7. The Morgan fingerprint density at radius 3 is 2.75 bits per heavy atom. The van der Waals surface area contributed by atoms with Crippen molar-refractivity contribution in [3.05, 3.63) is 32.8 Å². The number of carboxylic acid groups (broad SMARTS) is 1. The van der Waals surface area contributed by atoms with Crippen LogP contribution in [0.3, 0.4) is 0 Å². The number of carboxylic acids is 1. The highest BCUT2D eigenvalue weighted by atomic mass is 35.5. The number of anilines is 1. The Labute approximate surface area is 125 Å². The monoisotopic (exact) mass is 318 g/mol. The number of hydrogen-bond acceptors (Lipinski definition) is 5. The Morgan fingerprint density at radius 2 is 2.25 bits per heavy atom. The van der Waals surface area contributed by atoms with Crippen molar-refractivity contribution in [2.75, 3.05) is 16.8 Å². The summed E-state index contributed by atoms with van der Waals surface area (Å²) >= 11 is 7.67. The van der Waals surface area contributed by atoms with Gasteiger partial charge in [-0.25, -0.2) is 4.79 Å². The van der Waals surface area contributed by atoms with E-state index >= 15 is 0 Å². The highest BCUT2D eigenvalue weighted by Crippen LogP contribution is 2.32. The van der Waals surface area contributed by atoms with E-state index in [1.165, 1.54) is 0 Å². The van der Waals surface area contributed by atoms with E-state index in [1.54, 1.807) is 11.8 Å². The van der Waals surface area contributed by atoms with Gasteiger partial charge in [-0.2, -0.15) is 11.8 Å². The average molecular weight is 319 g/mol. The minimum atomic E-state index is -1.26. The third-order valence-electron chi connectivity index (χ3n) is 2.48. The molecule has 1 rings (SSSR count). The fourth-order valence-corrected chi connectivity index (χ4v) is 2.54. The van der Waals surface area contributed by atoms with Gasteiger partial charge in [0.2, 0.25) is 0 Å². The van der Waals surface area contributed by atoms with Crippen LogP contribution < -0.4 is 5.32 Å². The lowest BCUT2D eigenvalue weighted by Crippen LogP contribution is -2.20. The Hall–Kier alpha value is -1.47. The summed E-state index contributed by atoms with van der Waals surface area (Å²) in [5.41, 5.74) is -0.319. The molecule has 8 heteroatoms. The molecular weight excluding hydrogens is 304 g/mol. The van der Waals surface area contributed by atoms with Crippen molar-refractivity contribution in [2.24, 2.45) is 0 Å². The summed E-state index contributed by atoms with van der Waals surface area (Å²) < 4.78 is 0. The van der Waals surface area contributed by atoms with Gasteiger partial charge in [0.05, 0.1) is 21.2 Å². The highest BCUT2D eigenvalue weighted by molar-refractivity contribution is 7.99. The molecule has 0 heterocycles. The third kappa shape index (κ3) is 4.28. The number of nitrogens with one attached hydrogen (secondary N) is 1. The summed E-state index contributed by atoms with van der Waals surface area (Å²) in [6.45, 7) is 3.92. The third-order valence-corrected chi connectivity index (χ3v) is 3.92. The molecule has 0 fully saturated rings. The molecule has 2 N–H and O–H groups in total. The molecule has 0 radical (unpaired) electrons. The van der Waals surface area contributed by atoms with Crippen molar-refractivity contribution in [3.63, 3.8) is 0 Å². The number of aromatic carboxylic acids is 1. The van der Waals surface area contributed by atoms with Crippen LogP contribution in [0.1, 0.15) is 24.2 Å². The fourth-order valence-electron chi connectivity index (χ4n) is 1.60. The molecule has 110 valence electrons. The van der Waals surface area contributed by atoms with Crippen LogP contribution in [0.15, 0.2) is 12.1 Å². The number of nitrogens with zero attached hydrogens (tertiary/aromatic N) is 1. The fraction of sp³-hybridized carbons (Fsp3) is 0.417. The normalized spacial score (nSPS) is 11.9. The van der Waals surface area contributed by atoms with Gasteiger partial charge >= 0.3 is 5.97 Å². The maximum Gasteiger partial charge on any atom is 0.338 e. The zero-order valence-electron chi connectivity index (χ0n) is 11.1. The number of carbonyl (C=O) groups is 1. The van der Waals surface area contributed by atoms with E-state index in [2.05, 4.69) is 5.32 Å². The molecule has 1 aromatic rings. The van der Waals surface area contributed by atoms with Gasteiger partial charge in [0.15, 0.2) is 0 Å². The predicted octanol–water partition coefficient (Wildman–Crippen LogP) is 3.50. The molecule has 1 unspecified atom stereocenters. The first kappa shape index (κ1) is 16.6. The van der Waals surface area contributed by atoms with E-state index in [4.69, 9.17) is 16.7 Å². The maximum absolute atomic E-state index is 11.2. The first-order valence-electron chi connectivity index (χ1n) is 5.92. The summed E-state index contributed by atoms with van der Waals surface area (Å²) in [4.78, 5) is 21.3. The molecule has 0 saturated carbocycles. The van der Waals surface area contributed by atoms with Crippen molar-refractivity contribution in [1.29, 1.82) is 0 Å². The van der Waals surface area contributed by atoms with Gasteiger partial charge in [0.1, 0.15) is 0 Å². The molecule has 0 bridgehead atoms. The molecule has 0 spiro atoms. The van der Waals surface area contributed by atoms with Crippen LogP contribution in [0.4, 0.5) is 11.4 Å². The van der Waals surface area contributed by atoms with Crippen LogP contribution in [-0.4, -0.2) is 33.5 Å². The van der Waals surface area contributed by atoms with Crippen LogP contribution in [0, 0.1) is 10.1 Å². The number of halogens is 1. The molecule has 0 saturated heterocycles. The van der Waals surface area contributed by atoms with E-state index in [-0.39, 0.29) is 28.0 Å². The summed E-state index contributed by atoms with van der Waals surface area (Å²) in [7, 11) is 0. The first-order chi connectivity index (χ1) is 9.36. The molecule has 0 aromatic heterocycles. The largest absolute Gasteiger partial charge is 0.478 e. The summed E-state index contributed by atoms with van der Waals surface area (Å²) in [5.74, 6) is 0.475. The van der Waals surface area contributed by atoms with Gasteiger partial charge in [-0.15, -0.1) is 0 Å². The molecule has 0 aliphatic carbocycles. The number of nitro benzene ring substituents is 1. The number of thioether (sulfide) groups is 1. The predicted molar refractivity (Wildman–Crippen MR) is 81.1 cm³/mol. The molecule has 1 atom stereocenters. The number of hydrogen-bond donors (Lipinski definition) is 2. The number of nitro groups is 1. The zero-order chi connectivity index (χ0) is 15.3. The van der Waals surface area contributed by atoms with Crippen molar-refractivity contribution in [3.8, 4) is 0 Å². The van der Waals surface area contributed by atoms with Gasteiger partial charge in [-0.3, -0.25) is 10.1 Å². The van der Waals surface area contributed by atoms with Crippen molar-refractivity contribution in [2.45, 2.75) is 19.9 Å². The Kier molecular flexibility index (Phi) is 6.09. The smallest absolute Gasteiger partial charge is 0.338 e. The van der Waals surface area contributed by atoms with Crippen LogP contribution in [0.2, 0.25) is 5.02 Å². The van der Waals surface area contributed by atoms with Gasteiger partial charge in [-0.05, 0) is 12.7 Å². The van der Waals surface area contributed by atoms with E-state index in [0.717, 1.165) is 23.6 Å². The van der Waals surface area contributed by atoms with Crippen LogP contribution in [-0.2, 0) is 0 Å². The molecule has 0 aliphatic heterocycles. The van der Waals surface area contributed by atoms with Crippen molar-refractivity contribution < 1.29 is 14.8 Å². The van der Waals surface area contributed by atoms with E-state index in [1.807, 2.05) is 13.8 Å². The highest BCUT2D eigenvalue weighted by Gasteiger charge is 2.21. The molecule has 0 amide bonds. The van der Waals surface area contributed by atoms with Crippen LogP contribution in [0.5, 0.6) is 0 Å². The van der Waals surface area contributed by atoms with Crippen molar-refractivity contribution >= 4 is 40.7 Å². The van der Waals surface area contributed by atoms with Crippen LogP contribution in [0.25, 0.3) is 0 Å². The molecule has 0 aliphatic rings. The topological polar surface area (TPSA) is 92.5 Å². The SMILES string of the molecule is CCSCC(C)Nc1c(Cl)cc([N+](=O)[O-])cc1C(=O)O. The summed E-state index contributed by atoms with van der Waals surface area (Å²) in [6, 6.07) is 2.16. The van der Waals surface area contributed by atoms with Gasteiger partial charge < -0.3 is 10.4 Å². The minimum absolute atomic E-state index is 0.00277. The Morgan fingerprint density at radius 1 is 1.60 bits per heavy atom. The lowest BCUT2D eigenvalue weighted by Gasteiger charge is -2.17. The van der Waals surface area contributed by atoms with E-state index < -0.39 is 10.9 Å². The second-order valence-electron chi connectivity index (χ2n) is 4.12. The summed E-state index contributed by atoms with van der Waals surface area (Å²) in [6.07, 6.45) is 0. The van der Waals surface area contributed by atoms with Crippen molar-refractivity contribution in [1.82, 2.24) is 0 Å². The Balaban J connectivity index is 3.11. The minimum Gasteiger partial charge on any atom is -0.478 e. The van der Waals surface area contributed by atoms with E-state index in [9.17, 15) is 14.9 Å². The average Bonchev–Trinajstić information content (AvgIpc) is 2.37. The van der Waals surface area contributed by atoms with E-state index in [0.29, 0.717) is 0 Å². The zero-order valence-corrected chi connectivity index (χ0v) is 12.6. The standard InChI is InChI=1S/C12H15ClN2O4S/c1-3-20-6-7(2)14-11-9(12(16)17)4-8(15(18)19)5-10(11)13/h4-5,7,14H,3,6H2,1-2H3,(H,16,17).